The van der Waals surface area contributed by atoms with Crippen molar-refractivity contribution in [2.45, 2.75) is 150 Å². The van der Waals surface area contributed by atoms with Crippen LogP contribution in [0.5, 0.6) is 0 Å². The lowest BCUT2D eigenvalue weighted by Crippen LogP contribution is -2.52. The van der Waals surface area contributed by atoms with Gasteiger partial charge in [0, 0.05) is 38.0 Å². The Balaban J connectivity index is 0.877. The first-order valence-corrected chi connectivity index (χ1v) is 21.3. The molecular formula is C43H66N6O5. The van der Waals surface area contributed by atoms with E-state index in [1.165, 1.54) is 63.9 Å². The zero-order chi connectivity index (χ0) is 38.5. The molecule has 298 valence electrons. The van der Waals surface area contributed by atoms with E-state index in [2.05, 4.69) is 67.0 Å². The highest BCUT2D eigenvalue weighted by Crippen LogP contribution is 2.67. The maximum Gasteiger partial charge on any atom is 0.300 e. The number of anilines is 1. The number of unbranched alkanes of at least 4 members (excludes halogenated alkanes) is 2. The van der Waals surface area contributed by atoms with Crippen LogP contribution in [0.3, 0.4) is 0 Å². The highest BCUT2D eigenvalue weighted by atomic mass is 16.6. The molecular weight excluding hydrogens is 681 g/mol. The number of carbonyl (C=O) groups is 2. The minimum Gasteiger partial charge on any atom is -0.383 e. The van der Waals surface area contributed by atoms with E-state index in [1.54, 1.807) is 11.6 Å². The summed E-state index contributed by atoms with van der Waals surface area (Å²) in [7, 11) is 0. The van der Waals surface area contributed by atoms with Crippen molar-refractivity contribution >= 4 is 34.2 Å². The summed E-state index contributed by atoms with van der Waals surface area (Å²) in [6, 6.07) is 3.17. The lowest BCUT2D eigenvalue weighted by atomic mass is 9.47. The SMILES string of the molecule is CCC(C)CCCC(C)[C@H]1CCC2C3CC=C4C[C@@H](NC(=O)CCNC(=O)CCCCCNc5ccc([N+](=O)[O-])c6nonc56)CC[C@]4(C)C3CC[C@@]21C. The van der Waals surface area contributed by atoms with Gasteiger partial charge in [0.2, 0.25) is 17.3 Å². The molecule has 2 amide bonds. The Hall–Kier alpha value is -3.50. The van der Waals surface area contributed by atoms with Crippen molar-refractivity contribution in [3.63, 3.8) is 0 Å². The highest BCUT2D eigenvalue weighted by Gasteiger charge is 2.59. The minimum absolute atomic E-state index is 0.0237. The molecule has 0 saturated heterocycles. The second-order valence-electron chi connectivity index (χ2n) is 18.1. The van der Waals surface area contributed by atoms with Gasteiger partial charge in [0.1, 0.15) is 0 Å². The molecule has 5 unspecified atom stereocenters. The second kappa shape index (κ2) is 17.5. The van der Waals surface area contributed by atoms with E-state index in [-0.39, 0.29) is 34.5 Å². The van der Waals surface area contributed by atoms with Crippen molar-refractivity contribution in [2.75, 3.05) is 18.4 Å². The van der Waals surface area contributed by atoms with Crippen LogP contribution in [-0.4, -0.2) is 46.2 Å². The quantitative estimate of drug-likeness (QED) is 0.0590. The van der Waals surface area contributed by atoms with Crippen LogP contribution in [0.2, 0.25) is 0 Å². The number of allylic oxidation sites excluding steroid dienone is 1. The summed E-state index contributed by atoms with van der Waals surface area (Å²) < 4.78 is 4.71. The van der Waals surface area contributed by atoms with Gasteiger partial charge in [0.05, 0.1) is 10.6 Å². The molecule has 2 aromatic rings. The number of hydrogen-bond acceptors (Lipinski definition) is 8. The second-order valence-corrected chi connectivity index (χ2v) is 18.1. The molecule has 1 aromatic heterocycles. The molecule has 3 fully saturated rings. The molecule has 0 radical (unpaired) electrons. The number of hydrogen-bond donors (Lipinski definition) is 3. The smallest absolute Gasteiger partial charge is 0.300 e. The molecule has 0 aliphatic heterocycles. The summed E-state index contributed by atoms with van der Waals surface area (Å²) >= 11 is 0. The van der Waals surface area contributed by atoms with Crippen molar-refractivity contribution < 1.29 is 19.1 Å². The third-order valence-corrected chi connectivity index (χ3v) is 14.9. The first kappa shape index (κ1) is 40.2. The molecule has 9 atom stereocenters. The molecule has 0 bridgehead atoms. The predicted octanol–water partition coefficient (Wildman–Crippen LogP) is 9.53. The standard InChI is InChI=1S/C43H66N6O5/c1-6-28(2)11-10-12-29(3)33-16-17-34-32-15-14-30-27-31(20-23-42(30,4)35(32)21-24-43(33,34)5)46-39(51)22-26-45-38(50)13-8-7-9-25-44-36-18-19-37(49(52)53)41-40(36)47-54-48-41/h14,18-19,28-29,31-35,44H,6-13,15-17,20-27H2,1-5H3,(H,45,50)(H,46,51)/t28?,29?,31-,32?,33+,34?,35?,42-,43+/m0/s1. The summed E-state index contributed by atoms with van der Waals surface area (Å²) in [6.07, 6.45) is 21.1. The van der Waals surface area contributed by atoms with Crippen molar-refractivity contribution in [1.29, 1.82) is 0 Å². The number of nitro groups is 1. The van der Waals surface area contributed by atoms with Crippen LogP contribution in [0.4, 0.5) is 11.4 Å². The maximum atomic E-state index is 13.0. The van der Waals surface area contributed by atoms with Crippen molar-refractivity contribution in [3.8, 4) is 0 Å². The van der Waals surface area contributed by atoms with E-state index in [0.717, 1.165) is 74.0 Å². The predicted molar refractivity (Wildman–Crippen MR) is 213 cm³/mol. The zero-order valence-corrected chi connectivity index (χ0v) is 33.6. The van der Waals surface area contributed by atoms with Gasteiger partial charge in [0.25, 0.3) is 0 Å². The van der Waals surface area contributed by atoms with Gasteiger partial charge in [-0.25, -0.2) is 4.63 Å². The third-order valence-electron chi connectivity index (χ3n) is 14.9. The van der Waals surface area contributed by atoms with E-state index >= 15 is 0 Å². The monoisotopic (exact) mass is 747 g/mol. The Bertz CT molecular complexity index is 1660. The average molecular weight is 747 g/mol. The summed E-state index contributed by atoms with van der Waals surface area (Å²) in [5.41, 5.74) is 3.29. The van der Waals surface area contributed by atoms with Crippen LogP contribution < -0.4 is 16.0 Å². The molecule has 3 N–H and O–H groups in total. The molecule has 11 nitrogen and oxygen atoms in total. The zero-order valence-electron chi connectivity index (χ0n) is 33.6. The fraction of sp³-hybridized carbons (Fsp3) is 0.767. The van der Waals surface area contributed by atoms with E-state index in [4.69, 9.17) is 4.63 Å². The third kappa shape index (κ3) is 8.65. The summed E-state index contributed by atoms with van der Waals surface area (Å²) in [5, 5.41) is 28.1. The summed E-state index contributed by atoms with van der Waals surface area (Å²) in [6.45, 7) is 13.5. The van der Waals surface area contributed by atoms with Gasteiger partial charge in [-0.15, -0.1) is 0 Å². The molecule has 54 heavy (non-hydrogen) atoms. The Kier molecular flexibility index (Phi) is 13.0. The number of amides is 2. The molecule has 3 saturated carbocycles. The van der Waals surface area contributed by atoms with Crippen LogP contribution in [0, 0.1) is 56.5 Å². The van der Waals surface area contributed by atoms with Gasteiger partial charge in [-0.3, -0.25) is 19.7 Å². The number of benzene rings is 1. The van der Waals surface area contributed by atoms with Crippen LogP contribution >= 0.6 is 0 Å². The number of carbonyl (C=O) groups excluding carboxylic acids is 2. The Morgan fingerprint density at radius 3 is 2.56 bits per heavy atom. The molecule has 4 aliphatic carbocycles. The largest absolute Gasteiger partial charge is 0.383 e. The normalized spacial score (nSPS) is 30.0. The van der Waals surface area contributed by atoms with Gasteiger partial charge in [-0.1, -0.05) is 78.4 Å². The Morgan fingerprint density at radius 2 is 1.76 bits per heavy atom. The van der Waals surface area contributed by atoms with E-state index < -0.39 is 4.92 Å². The van der Waals surface area contributed by atoms with Gasteiger partial charge >= 0.3 is 5.69 Å². The number of fused-ring (bicyclic) bond motifs is 6. The lowest BCUT2D eigenvalue weighted by Gasteiger charge is -2.58. The molecule has 6 rings (SSSR count). The Morgan fingerprint density at radius 1 is 0.944 bits per heavy atom. The molecule has 11 heteroatoms. The summed E-state index contributed by atoms with van der Waals surface area (Å²) in [4.78, 5) is 36.1. The van der Waals surface area contributed by atoms with Crippen molar-refractivity contribution in [1.82, 2.24) is 20.9 Å². The topological polar surface area (TPSA) is 152 Å². The summed E-state index contributed by atoms with van der Waals surface area (Å²) in [5.74, 6) is 5.01. The lowest BCUT2D eigenvalue weighted by molar-refractivity contribution is -0.383. The first-order valence-electron chi connectivity index (χ1n) is 21.3. The van der Waals surface area contributed by atoms with E-state index in [1.807, 2.05) is 0 Å². The highest BCUT2D eigenvalue weighted by molar-refractivity contribution is 5.93. The van der Waals surface area contributed by atoms with Crippen molar-refractivity contribution in [3.05, 3.63) is 33.9 Å². The van der Waals surface area contributed by atoms with Crippen LogP contribution in [0.1, 0.15) is 144 Å². The van der Waals surface area contributed by atoms with Gasteiger partial charge in [-0.2, -0.15) is 0 Å². The molecule has 4 aliphatic rings. The van der Waals surface area contributed by atoms with Crippen LogP contribution in [-0.2, 0) is 9.59 Å². The molecule has 0 spiro atoms. The maximum absolute atomic E-state index is 13.0. The van der Waals surface area contributed by atoms with Crippen molar-refractivity contribution in [2.24, 2.45) is 46.3 Å². The minimum atomic E-state index is -0.509. The van der Waals surface area contributed by atoms with Gasteiger partial charge in [0.15, 0.2) is 5.52 Å². The molecule has 1 heterocycles. The number of nitrogens with one attached hydrogen (secondary N) is 3. The first-order chi connectivity index (χ1) is 25.9. The molecule has 1 aromatic carbocycles. The Labute approximate surface area is 322 Å². The number of rotatable bonds is 18. The number of non-ortho nitro benzene ring substituents is 1. The van der Waals surface area contributed by atoms with E-state index in [0.29, 0.717) is 42.6 Å². The van der Waals surface area contributed by atoms with Crippen LogP contribution in [0.25, 0.3) is 11.0 Å². The number of nitrogens with zero attached hydrogens (tertiary/aromatic N) is 3. The number of nitro benzene ring substituents is 1. The fourth-order valence-corrected chi connectivity index (χ4v) is 11.6. The fourth-order valence-electron chi connectivity index (χ4n) is 11.6. The number of aromatic nitrogens is 2. The van der Waals surface area contributed by atoms with E-state index in [9.17, 15) is 19.7 Å². The van der Waals surface area contributed by atoms with Crippen LogP contribution in [0.15, 0.2) is 28.4 Å². The van der Waals surface area contributed by atoms with Gasteiger partial charge in [-0.05, 0) is 127 Å². The van der Waals surface area contributed by atoms with Gasteiger partial charge < -0.3 is 16.0 Å². The average Bonchev–Trinajstić information content (AvgIpc) is 3.78.